The van der Waals surface area contributed by atoms with Gasteiger partial charge in [0.05, 0.1) is 0 Å². The standard InChI is InChI=1S/C13H15NO/c1-2-9-15-13-7-3-11(4-8-13)10-14-12-5-6-12/h1,3-4,7-8,12,14H,5-6,9-10H2. The summed E-state index contributed by atoms with van der Waals surface area (Å²) in [7, 11) is 0. The maximum atomic E-state index is 5.29. The zero-order chi connectivity index (χ0) is 10.5. The summed E-state index contributed by atoms with van der Waals surface area (Å²) in [5, 5.41) is 3.46. The number of terminal acetylenes is 1. The second kappa shape index (κ2) is 4.86. The molecule has 2 nitrogen and oxygen atoms in total. The van der Waals surface area contributed by atoms with E-state index < -0.39 is 0 Å². The van der Waals surface area contributed by atoms with E-state index in [2.05, 4.69) is 23.4 Å². The third-order valence-electron chi connectivity index (χ3n) is 2.42. The van der Waals surface area contributed by atoms with Gasteiger partial charge in [-0.1, -0.05) is 18.1 Å². The van der Waals surface area contributed by atoms with Gasteiger partial charge in [0.25, 0.3) is 0 Å². The lowest BCUT2D eigenvalue weighted by Gasteiger charge is -2.05. The average Bonchev–Trinajstić information content (AvgIpc) is 3.09. The summed E-state index contributed by atoms with van der Waals surface area (Å²) in [6, 6.07) is 8.81. The van der Waals surface area contributed by atoms with Gasteiger partial charge < -0.3 is 10.1 Å². The molecule has 1 N–H and O–H groups in total. The van der Waals surface area contributed by atoms with Crippen LogP contribution in [0.2, 0.25) is 0 Å². The first-order valence-electron chi connectivity index (χ1n) is 5.27. The second-order valence-corrected chi connectivity index (χ2v) is 3.79. The van der Waals surface area contributed by atoms with E-state index in [1.165, 1.54) is 18.4 Å². The number of hydrogen-bond donors (Lipinski definition) is 1. The van der Waals surface area contributed by atoms with Crippen LogP contribution >= 0.6 is 0 Å². The molecule has 1 aromatic carbocycles. The van der Waals surface area contributed by atoms with Gasteiger partial charge in [0.2, 0.25) is 0 Å². The van der Waals surface area contributed by atoms with Crippen molar-refractivity contribution in [1.82, 2.24) is 5.32 Å². The number of hydrogen-bond acceptors (Lipinski definition) is 2. The molecule has 1 aliphatic carbocycles. The van der Waals surface area contributed by atoms with Gasteiger partial charge in [-0.15, -0.1) is 6.42 Å². The molecule has 0 atom stereocenters. The fourth-order valence-corrected chi connectivity index (χ4v) is 1.38. The number of benzene rings is 1. The summed E-state index contributed by atoms with van der Waals surface area (Å²) < 4.78 is 5.29. The molecular weight excluding hydrogens is 186 g/mol. The van der Waals surface area contributed by atoms with Crippen molar-refractivity contribution in [2.24, 2.45) is 0 Å². The number of nitrogens with one attached hydrogen (secondary N) is 1. The Kier molecular flexibility index (Phi) is 3.26. The van der Waals surface area contributed by atoms with E-state index in [9.17, 15) is 0 Å². The second-order valence-electron chi connectivity index (χ2n) is 3.79. The minimum absolute atomic E-state index is 0.333. The third-order valence-corrected chi connectivity index (χ3v) is 2.42. The highest BCUT2D eigenvalue weighted by atomic mass is 16.5. The Labute approximate surface area is 90.6 Å². The van der Waals surface area contributed by atoms with E-state index in [4.69, 9.17) is 11.2 Å². The fourth-order valence-electron chi connectivity index (χ4n) is 1.38. The summed E-state index contributed by atoms with van der Waals surface area (Å²) in [6.07, 6.45) is 7.75. The predicted molar refractivity (Wildman–Crippen MR) is 60.6 cm³/mol. The molecule has 15 heavy (non-hydrogen) atoms. The fraction of sp³-hybridized carbons (Fsp3) is 0.385. The van der Waals surface area contributed by atoms with Crippen LogP contribution in [0.1, 0.15) is 18.4 Å². The lowest BCUT2D eigenvalue weighted by molar-refractivity contribution is 0.370. The normalized spacial score (nSPS) is 14.6. The summed E-state index contributed by atoms with van der Waals surface area (Å²) >= 11 is 0. The molecule has 1 saturated carbocycles. The van der Waals surface area contributed by atoms with Crippen LogP contribution < -0.4 is 10.1 Å². The van der Waals surface area contributed by atoms with E-state index in [1.807, 2.05) is 12.1 Å². The first-order valence-corrected chi connectivity index (χ1v) is 5.27. The van der Waals surface area contributed by atoms with Crippen molar-refractivity contribution in [3.8, 4) is 18.1 Å². The summed E-state index contributed by atoms with van der Waals surface area (Å²) in [5.74, 6) is 3.28. The average molecular weight is 201 g/mol. The van der Waals surface area contributed by atoms with Crippen molar-refractivity contribution in [1.29, 1.82) is 0 Å². The van der Waals surface area contributed by atoms with Crippen LogP contribution in [0.4, 0.5) is 0 Å². The molecule has 0 radical (unpaired) electrons. The van der Waals surface area contributed by atoms with Crippen LogP contribution in [-0.2, 0) is 6.54 Å². The van der Waals surface area contributed by atoms with Gasteiger partial charge >= 0.3 is 0 Å². The molecular formula is C13H15NO. The van der Waals surface area contributed by atoms with Gasteiger partial charge in [0.15, 0.2) is 0 Å². The van der Waals surface area contributed by atoms with E-state index in [0.29, 0.717) is 6.61 Å². The van der Waals surface area contributed by atoms with Crippen molar-refractivity contribution < 1.29 is 4.74 Å². The van der Waals surface area contributed by atoms with Crippen LogP contribution in [0.3, 0.4) is 0 Å². The maximum absolute atomic E-state index is 5.29. The van der Waals surface area contributed by atoms with Crippen LogP contribution in [-0.4, -0.2) is 12.6 Å². The Morgan fingerprint density at radius 1 is 1.33 bits per heavy atom. The number of ether oxygens (including phenoxy) is 1. The lowest BCUT2D eigenvalue weighted by atomic mass is 10.2. The largest absolute Gasteiger partial charge is 0.481 e. The van der Waals surface area contributed by atoms with E-state index in [-0.39, 0.29) is 0 Å². The van der Waals surface area contributed by atoms with E-state index in [1.54, 1.807) is 0 Å². The monoisotopic (exact) mass is 201 g/mol. The van der Waals surface area contributed by atoms with Gasteiger partial charge in [0.1, 0.15) is 12.4 Å². The molecule has 0 aromatic heterocycles. The highest BCUT2D eigenvalue weighted by Crippen LogP contribution is 2.19. The SMILES string of the molecule is C#CCOc1ccc(CNC2CC2)cc1. The molecule has 1 aromatic rings. The highest BCUT2D eigenvalue weighted by Gasteiger charge is 2.19. The molecule has 0 heterocycles. The first kappa shape index (κ1) is 10.1. The van der Waals surface area contributed by atoms with Crippen molar-refractivity contribution in [2.75, 3.05) is 6.61 Å². The minimum Gasteiger partial charge on any atom is -0.481 e. The maximum Gasteiger partial charge on any atom is 0.148 e. The van der Waals surface area contributed by atoms with Crippen molar-refractivity contribution in [2.45, 2.75) is 25.4 Å². The molecule has 2 rings (SSSR count). The summed E-state index contributed by atoms with van der Waals surface area (Å²) in [4.78, 5) is 0. The molecule has 78 valence electrons. The zero-order valence-electron chi connectivity index (χ0n) is 8.70. The van der Waals surface area contributed by atoms with E-state index in [0.717, 1.165) is 18.3 Å². The molecule has 0 aliphatic heterocycles. The lowest BCUT2D eigenvalue weighted by Crippen LogP contribution is -2.15. The summed E-state index contributed by atoms with van der Waals surface area (Å²) in [6.45, 7) is 1.28. The molecule has 0 saturated heterocycles. The summed E-state index contributed by atoms with van der Waals surface area (Å²) in [5.41, 5.74) is 1.29. The Balaban J connectivity index is 1.82. The Hall–Kier alpha value is -1.46. The molecule has 1 aliphatic rings. The van der Waals surface area contributed by atoms with Gasteiger partial charge in [-0.25, -0.2) is 0 Å². The van der Waals surface area contributed by atoms with Gasteiger partial charge in [-0.3, -0.25) is 0 Å². The molecule has 0 spiro atoms. The Morgan fingerprint density at radius 3 is 2.67 bits per heavy atom. The molecule has 1 fully saturated rings. The van der Waals surface area contributed by atoms with E-state index >= 15 is 0 Å². The molecule has 0 bridgehead atoms. The van der Waals surface area contributed by atoms with Crippen LogP contribution in [0.25, 0.3) is 0 Å². The third kappa shape index (κ3) is 3.30. The molecule has 0 unspecified atom stereocenters. The van der Waals surface area contributed by atoms with Crippen LogP contribution in [0, 0.1) is 12.3 Å². The molecule has 0 amide bonds. The van der Waals surface area contributed by atoms with Crippen molar-refractivity contribution >= 4 is 0 Å². The molecule has 2 heteroatoms. The Morgan fingerprint density at radius 2 is 2.07 bits per heavy atom. The van der Waals surface area contributed by atoms with Gasteiger partial charge in [0, 0.05) is 12.6 Å². The quantitative estimate of drug-likeness (QED) is 0.735. The highest BCUT2D eigenvalue weighted by molar-refractivity contribution is 5.27. The van der Waals surface area contributed by atoms with Gasteiger partial charge in [-0.2, -0.15) is 0 Å². The minimum atomic E-state index is 0.333. The van der Waals surface area contributed by atoms with Crippen LogP contribution in [0.5, 0.6) is 5.75 Å². The smallest absolute Gasteiger partial charge is 0.148 e. The topological polar surface area (TPSA) is 21.3 Å². The number of rotatable bonds is 5. The van der Waals surface area contributed by atoms with Gasteiger partial charge in [-0.05, 0) is 30.5 Å². The zero-order valence-corrected chi connectivity index (χ0v) is 8.70. The predicted octanol–water partition coefficient (Wildman–Crippen LogP) is 1.95. The Bertz CT molecular complexity index is 346. The van der Waals surface area contributed by atoms with Crippen molar-refractivity contribution in [3.63, 3.8) is 0 Å². The van der Waals surface area contributed by atoms with Crippen molar-refractivity contribution in [3.05, 3.63) is 29.8 Å². The van der Waals surface area contributed by atoms with Crippen LogP contribution in [0.15, 0.2) is 24.3 Å². The first-order chi connectivity index (χ1) is 7.38.